The third-order valence-electron chi connectivity index (χ3n) is 4.87. The van der Waals surface area contributed by atoms with E-state index in [1.165, 1.54) is 6.07 Å². The van der Waals surface area contributed by atoms with E-state index < -0.39 is 23.6 Å². The van der Waals surface area contributed by atoms with Crippen LogP contribution in [0.1, 0.15) is 24.8 Å². The Morgan fingerprint density at radius 1 is 1.24 bits per heavy atom. The van der Waals surface area contributed by atoms with Gasteiger partial charge in [0.15, 0.2) is 0 Å². The van der Waals surface area contributed by atoms with Crippen LogP contribution in [0.4, 0.5) is 19.0 Å². The van der Waals surface area contributed by atoms with Gasteiger partial charge >= 0.3 is 6.18 Å². The SMILES string of the molecule is NC(=O)C1CC(=O)N(C2CCN(c3ccc(C(F)(F)F)cn3)CC2)C1. The van der Waals surface area contributed by atoms with Gasteiger partial charge in [0, 0.05) is 38.3 Å². The van der Waals surface area contributed by atoms with Crippen LogP contribution in [0, 0.1) is 5.92 Å². The number of nitrogens with two attached hydrogens (primary N) is 1. The fourth-order valence-corrected chi connectivity index (χ4v) is 3.42. The normalized spacial score (nSPS) is 22.5. The first-order valence-electron chi connectivity index (χ1n) is 8.12. The second-order valence-electron chi connectivity index (χ2n) is 6.47. The number of hydrogen-bond acceptors (Lipinski definition) is 4. The summed E-state index contributed by atoms with van der Waals surface area (Å²) in [6, 6.07) is 2.42. The second kappa shape index (κ2) is 6.53. The van der Waals surface area contributed by atoms with Crippen molar-refractivity contribution >= 4 is 17.6 Å². The summed E-state index contributed by atoms with van der Waals surface area (Å²) in [5, 5.41) is 0. The van der Waals surface area contributed by atoms with Gasteiger partial charge in [0.1, 0.15) is 5.82 Å². The highest BCUT2D eigenvalue weighted by Gasteiger charge is 2.38. The van der Waals surface area contributed by atoms with Crippen LogP contribution in [0.15, 0.2) is 18.3 Å². The molecule has 1 atom stereocenters. The number of aromatic nitrogens is 1. The van der Waals surface area contributed by atoms with E-state index in [9.17, 15) is 22.8 Å². The van der Waals surface area contributed by atoms with Crippen molar-refractivity contribution in [2.45, 2.75) is 31.5 Å². The first-order valence-corrected chi connectivity index (χ1v) is 8.12. The Bertz CT molecular complexity index is 654. The van der Waals surface area contributed by atoms with E-state index in [2.05, 4.69) is 4.98 Å². The average molecular weight is 356 g/mol. The summed E-state index contributed by atoms with van der Waals surface area (Å²) in [4.78, 5) is 30.8. The standard InChI is InChI=1S/C16H19F3N4O2/c17-16(18,19)11-1-2-13(21-8-11)22-5-3-12(4-6-22)23-9-10(15(20)25)7-14(23)24/h1-2,8,10,12H,3-7,9H2,(H2,20,25). The molecule has 2 N–H and O–H groups in total. The van der Waals surface area contributed by atoms with Crippen LogP contribution in [0.25, 0.3) is 0 Å². The molecule has 1 unspecified atom stereocenters. The Balaban J connectivity index is 1.59. The van der Waals surface area contributed by atoms with Gasteiger partial charge in [0.25, 0.3) is 0 Å². The lowest BCUT2D eigenvalue weighted by Gasteiger charge is -2.37. The van der Waals surface area contributed by atoms with Crippen molar-refractivity contribution in [3.05, 3.63) is 23.9 Å². The van der Waals surface area contributed by atoms with E-state index in [-0.39, 0.29) is 18.4 Å². The predicted molar refractivity (Wildman–Crippen MR) is 83.5 cm³/mol. The lowest BCUT2D eigenvalue weighted by molar-refractivity contribution is -0.137. The average Bonchev–Trinajstić information content (AvgIpc) is 2.96. The molecule has 1 aromatic heterocycles. The number of primary amides is 1. The molecule has 136 valence electrons. The Morgan fingerprint density at radius 2 is 1.92 bits per heavy atom. The largest absolute Gasteiger partial charge is 0.417 e. The van der Waals surface area contributed by atoms with Gasteiger partial charge in [-0.3, -0.25) is 9.59 Å². The van der Waals surface area contributed by atoms with Crippen LogP contribution in [-0.4, -0.2) is 47.4 Å². The topological polar surface area (TPSA) is 79.5 Å². The molecule has 2 amide bonds. The number of nitrogens with zero attached hydrogens (tertiary/aromatic N) is 3. The van der Waals surface area contributed by atoms with Crippen molar-refractivity contribution in [3.63, 3.8) is 0 Å². The lowest BCUT2D eigenvalue weighted by atomic mass is 10.0. The number of piperidine rings is 1. The number of alkyl halides is 3. The van der Waals surface area contributed by atoms with E-state index in [1.807, 2.05) is 4.90 Å². The molecular formula is C16H19F3N4O2. The van der Waals surface area contributed by atoms with E-state index in [0.717, 1.165) is 12.3 Å². The van der Waals surface area contributed by atoms with Crippen LogP contribution in [0.5, 0.6) is 0 Å². The van der Waals surface area contributed by atoms with Gasteiger partial charge in [-0.2, -0.15) is 13.2 Å². The Hall–Kier alpha value is -2.32. The van der Waals surface area contributed by atoms with E-state index in [1.54, 1.807) is 4.90 Å². The monoisotopic (exact) mass is 356 g/mol. The van der Waals surface area contributed by atoms with Crippen molar-refractivity contribution in [1.29, 1.82) is 0 Å². The summed E-state index contributed by atoms with van der Waals surface area (Å²) >= 11 is 0. The number of pyridine rings is 1. The summed E-state index contributed by atoms with van der Waals surface area (Å²) < 4.78 is 37.8. The van der Waals surface area contributed by atoms with Gasteiger partial charge in [-0.05, 0) is 25.0 Å². The number of anilines is 1. The zero-order chi connectivity index (χ0) is 18.2. The second-order valence-corrected chi connectivity index (χ2v) is 6.47. The molecule has 1 aromatic rings. The quantitative estimate of drug-likeness (QED) is 0.888. The minimum atomic E-state index is -4.40. The first-order chi connectivity index (χ1) is 11.8. The van der Waals surface area contributed by atoms with Crippen molar-refractivity contribution in [2.24, 2.45) is 11.7 Å². The molecule has 2 fully saturated rings. The summed E-state index contributed by atoms with van der Waals surface area (Å²) in [5.74, 6) is -0.450. The molecular weight excluding hydrogens is 337 g/mol. The van der Waals surface area contributed by atoms with E-state index in [0.29, 0.717) is 38.3 Å². The minimum absolute atomic E-state index is 0.0301. The number of halogens is 3. The molecule has 3 heterocycles. The van der Waals surface area contributed by atoms with Crippen LogP contribution in [0.3, 0.4) is 0 Å². The summed E-state index contributed by atoms with van der Waals surface area (Å²) in [6.45, 7) is 1.54. The lowest BCUT2D eigenvalue weighted by Crippen LogP contribution is -2.46. The van der Waals surface area contributed by atoms with Gasteiger partial charge in [-0.25, -0.2) is 4.98 Å². The van der Waals surface area contributed by atoms with Crippen molar-refractivity contribution < 1.29 is 22.8 Å². The number of likely N-dealkylation sites (tertiary alicyclic amines) is 1. The fourth-order valence-electron chi connectivity index (χ4n) is 3.42. The predicted octanol–water partition coefficient (Wildman–Crippen LogP) is 1.40. The Labute approximate surface area is 142 Å². The highest BCUT2D eigenvalue weighted by atomic mass is 19.4. The third kappa shape index (κ3) is 3.69. The maximum absolute atomic E-state index is 12.6. The zero-order valence-electron chi connectivity index (χ0n) is 13.5. The fraction of sp³-hybridized carbons (Fsp3) is 0.562. The van der Waals surface area contributed by atoms with Gasteiger partial charge < -0.3 is 15.5 Å². The van der Waals surface area contributed by atoms with Crippen LogP contribution in [-0.2, 0) is 15.8 Å². The Morgan fingerprint density at radius 3 is 2.40 bits per heavy atom. The number of rotatable bonds is 3. The van der Waals surface area contributed by atoms with Crippen LogP contribution in [0.2, 0.25) is 0 Å². The smallest absolute Gasteiger partial charge is 0.369 e. The number of carbonyl (C=O) groups is 2. The third-order valence-corrected chi connectivity index (χ3v) is 4.87. The molecule has 2 aliphatic heterocycles. The molecule has 9 heteroatoms. The summed E-state index contributed by atoms with van der Waals surface area (Å²) in [6.07, 6.45) is -2.04. The van der Waals surface area contributed by atoms with Crippen molar-refractivity contribution in [3.8, 4) is 0 Å². The molecule has 0 spiro atoms. The van der Waals surface area contributed by atoms with Gasteiger partial charge in [-0.15, -0.1) is 0 Å². The first kappa shape index (κ1) is 17.5. The van der Waals surface area contributed by atoms with Crippen molar-refractivity contribution in [1.82, 2.24) is 9.88 Å². The highest BCUT2D eigenvalue weighted by molar-refractivity contribution is 5.88. The maximum atomic E-state index is 12.6. The minimum Gasteiger partial charge on any atom is -0.369 e. The zero-order valence-corrected chi connectivity index (χ0v) is 13.5. The summed E-state index contributed by atoms with van der Waals surface area (Å²) in [5.41, 5.74) is 4.51. The van der Waals surface area contributed by atoms with Gasteiger partial charge in [0.2, 0.25) is 11.8 Å². The Kier molecular flexibility index (Phi) is 4.57. The molecule has 0 aromatic carbocycles. The van der Waals surface area contributed by atoms with Crippen molar-refractivity contribution in [2.75, 3.05) is 24.5 Å². The molecule has 0 radical (unpaired) electrons. The number of carbonyl (C=O) groups excluding carboxylic acids is 2. The number of amides is 2. The van der Waals surface area contributed by atoms with Crippen LogP contribution >= 0.6 is 0 Å². The number of hydrogen-bond donors (Lipinski definition) is 1. The summed E-state index contributed by atoms with van der Waals surface area (Å²) in [7, 11) is 0. The molecule has 2 saturated heterocycles. The molecule has 25 heavy (non-hydrogen) atoms. The van der Waals surface area contributed by atoms with Gasteiger partial charge in [0.05, 0.1) is 11.5 Å². The molecule has 2 aliphatic rings. The molecule has 0 bridgehead atoms. The molecule has 0 saturated carbocycles. The van der Waals surface area contributed by atoms with E-state index >= 15 is 0 Å². The van der Waals surface area contributed by atoms with Gasteiger partial charge in [-0.1, -0.05) is 0 Å². The van der Waals surface area contributed by atoms with E-state index in [4.69, 9.17) is 5.73 Å². The highest BCUT2D eigenvalue weighted by Crippen LogP contribution is 2.30. The molecule has 0 aliphatic carbocycles. The maximum Gasteiger partial charge on any atom is 0.417 e. The molecule has 6 nitrogen and oxygen atoms in total. The molecule has 3 rings (SSSR count). The van der Waals surface area contributed by atoms with Crippen LogP contribution < -0.4 is 10.6 Å².